The van der Waals surface area contributed by atoms with Crippen molar-refractivity contribution in [1.29, 1.82) is 0 Å². The molecule has 33 heavy (non-hydrogen) atoms. The van der Waals surface area contributed by atoms with Gasteiger partial charge in [-0.25, -0.2) is 0 Å². The van der Waals surface area contributed by atoms with Crippen LogP contribution < -0.4 is 5.32 Å². The molecule has 0 saturated carbocycles. The van der Waals surface area contributed by atoms with Crippen molar-refractivity contribution in [2.75, 3.05) is 5.32 Å². The number of benzene rings is 2. The summed E-state index contributed by atoms with van der Waals surface area (Å²) >= 11 is 1.15. The second kappa shape index (κ2) is 9.14. The van der Waals surface area contributed by atoms with Crippen LogP contribution in [0, 0.1) is 6.92 Å². The zero-order valence-corrected chi connectivity index (χ0v) is 18.4. The Labute approximate surface area is 191 Å². The molecule has 0 radical (unpaired) electrons. The zero-order chi connectivity index (χ0) is 23.6. The van der Waals surface area contributed by atoms with Gasteiger partial charge in [0.1, 0.15) is 5.76 Å². The third-order valence-electron chi connectivity index (χ3n) is 4.86. The first-order chi connectivity index (χ1) is 15.7. The fraction of sp³-hybridized carbons (Fsp3) is 0.174. The molecule has 2 aromatic carbocycles. The van der Waals surface area contributed by atoms with Crippen LogP contribution in [0.15, 0.2) is 76.5 Å². The lowest BCUT2D eigenvalue weighted by Crippen LogP contribution is -2.23. The molecule has 1 atom stereocenters. The fourth-order valence-corrected chi connectivity index (χ4v) is 4.04. The van der Waals surface area contributed by atoms with Gasteiger partial charge in [0.25, 0.3) is 0 Å². The van der Waals surface area contributed by atoms with E-state index in [0.717, 1.165) is 35.1 Å². The highest BCUT2D eigenvalue weighted by molar-refractivity contribution is 8.00. The Bertz CT molecular complexity index is 1270. The largest absolute Gasteiger partial charge is 0.469 e. The van der Waals surface area contributed by atoms with Crippen LogP contribution in [0.5, 0.6) is 0 Å². The summed E-state index contributed by atoms with van der Waals surface area (Å²) < 4.78 is 46.1. The van der Waals surface area contributed by atoms with Crippen LogP contribution in [-0.4, -0.2) is 25.9 Å². The first-order valence-corrected chi connectivity index (χ1v) is 10.8. The number of hydrogen-bond acceptors (Lipinski definition) is 5. The van der Waals surface area contributed by atoms with Gasteiger partial charge in [-0.1, -0.05) is 36.0 Å². The van der Waals surface area contributed by atoms with E-state index in [9.17, 15) is 18.0 Å². The molecule has 0 aliphatic carbocycles. The number of thioether (sulfide) groups is 1. The molecule has 170 valence electrons. The van der Waals surface area contributed by atoms with E-state index in [0.29, 0.717) is 16.7 Å². The molecule has 0 saturated heterocycles. The lowest BCUT2D eigenvalue weighted by Gasteiger charge is -2.14. The summed E-state index contributed by atoms with van der Waals surface area (Å²) in [6.45, 7) is 3.47. The Morgan fingerprint density at radius 2 is 1.85 bits per heavy atom. The maximum Gasteiger partial charge on any atom is 0.416 e. The minimum Gasteiger partial charge on any atom is -0.469 e. The van der Waals surface area contributed by atoms with Crippen LogP contribution in [-0.2, 0) is 11.0 Å². The molecule has 0 spiro atoms. The molecule has 0 fully saturated rings. The number of hydrogen-bond donors (Lipinski definition) is 1. The lowest BCUT2D eigenvalue weighted by atomic mass is 10.2. The minimum atomic E-state index is -4.49. The summed E-state index contributed by atoms with van der Waals surface area (Å²) in [6, 6.07) is 15.7. The first-order valence-electron chi connectivity index (χ1n) is 9.94. The Morgan fingerprint density at radius 1 is 1.09 bits per heavy atom. The Balaban J connectivity index is 1.60. The third-order valence-corrected chi connectivity index (χ3v) is 5.90. The number of nitrogens with zero attached hydrogens (tertiary/aromatic N) is 3. The molecule has 2 aromatic heterocycles. The number of rotatable bonds is 6. The van der Waals surface area contributed by atoms with Crippen molar-refractivity contribution in [3.05, 3.63) is 78.3 Å². The molecule has 10 heteroatoms. The van der Waals surface area contributed by atoms with Gasteiger partial charge in [0.2, 0.25) is 5.91 Å². The van der Waals surface area contributed by atoms with Crippen molar-refractivity contribution in [2.24, 2.45) is 0 Å². The number of alkyl halides is 3. The molecular formula is C23H19F3N4O2S. The molecule has 0 aliphatic heterocycles. The van der Waals surface area contributed by atoms with E-state index >= 15 is 0 Å². The normalized spacial score (nSPS) is 12.5. The standard InChI is InChI=1S/C23H19F3N4O2S/c1-14-19(11-12-32-14)20-28-29-22(30(20)18-9-4-3-5-10-18)33-15(2)21(31)27-17-8-6-7-16(13-17)23(24,25)26/h3-13,15H,1-2H3,(H,27,31)/t15-/m0/s1. The van der Waals surface area contributed by atoms with Crippen molar-refractivity contribution in [2.45, 2.75) is 30.4 Å². The second-order valence-electron chi connectivity index (χ2n) is 7.20. The number of furan rings is 1. The highest BCUT2D eigenvalue weighted by atomic mass is 32.2. The van der Waals surface area contributed by atoms with Gasteiger partial charge in [-0.3, -0.25) is 9.36 Å². The molecule has 4 aromatic rings. The van der Waals surface area contributed by atoms with E-state index in [1.807, 2.05) is 41.8 Å². The van der Waals surface area contributed by atoms with Gasteiger partial charge < -0.3 is 9.73 Å². The number of carbonyl (C=O) groups excluding carboxylic acids is 1. The average Bonchev–Trinajstić information content (AvgIpc) is 3.39. The molecule has 0 aliphatic rings. The third kappa shape index (κ3) is 4.95. The number of anilines is 1. The van der Waals surface area contributed by atoms with Crippen molar-refractivity contribution >= 4 is 23.4 Å². The van der Waals surface area contributed by atoms with Gasteiger partial charge >= 0.3 is 6.18 Å². The average molecular weight is 472 g/mol. The van der Waals surface area contributed by atoms with E-state index in [2.05, 4.69) is 15.5 Å². The summed E-state index contributed by atoms with van der Waals surface area (Å²) in [5, 5.41) is 10.9. The number of aryl methyl sites for hydroxylation is 1. The van der Waals surface area contributed by atoms with Crippen molar-refractivity contribution < 1.29 is 22.4 Å². The molecule has 1 amide bonds. The maximum atomic E-state index is 13.0. The summed E-state index contributed by atoms with van der Waals surface area (Å²) in [5.74, 6) is 0.773. The Hall–Kier alpha value is -3.53. The van der Waals surface area contributed by atoms with E-state index in [4.69, 9.17) is 4.42 Å². The zero-order valence-electron chi connectivity index (χ0n) is 17.6. The van der Waals surface area contributed by atoms with Gasteiger partial charge in [-0.2, -0.15) is 13.2 Å². The lowest BCUT2D eigenvalue weighted by molar-refractivity contribution is -0.137. The highest BCUT2D eigenvalue weighted by Crippen LogP contribution is 2.33. The quantitative estimate of drug-likeness (QED) is 0.350. The number of nitrogens with one attached hydrogen (secondary N) is 1. The van der Waals surface area contributed by atoms with Crippen molar-refractivity contribution in [1.82, 2.24) is 14.8 Å². The van der Waals surface area contributed by atoms with Crippen molar-refractivity contribution in [3.63, 3.8) is 0 Å². The first kappa shape index (κ1) is 22.7. The Kier molecular flexibility index (Phi) is 6.28. The number of aromatic nitrogens is 3. The topological polar surface area (TPSA) is 72.9 Å². The minimum absolute atomic E-state index is 0.0708. The molecule has 2 heterocycles. The summed E-state index contributed by atoms with van der Waals surface area (Å²) in [4.78, 5) is 12.7. The predicted octanol–water partition coefficient (Wildman–Crippen LogP) is 5.97. The number of amides is 1. The summed E-state index contributed by atoms with van der Waals surface area (Å²) in [7, 11) is 0. The van der Waals surface area contributed by atoms with Crippen molar-refractivity contribution in [3.8, 4) is 17.1 Å². The van der Waals surface area contributed by atoms with Gasteiger partial charge in [-0.15, -0.1) is 10.2 Å². The number of halogens is 3. The second-order valence-corrected chi connectivity index (χ2v) is 8.50. The summed E-state index contributed by atoms with van der Waals surface area (Å²) in [5.41, 5.74) is 0.802. The number of carbonyl (C=O) groups is 1. The van der Waals surface area contributed by atoms with Crippen LogP contribution in [0.2, 0.25) is 0 Å². The van der Waals surface area contributed by atoms with Crippen LogP contribution >= 0.6 is 11.8 Å². The van der Waals surface area contributed by atoms with Gasteiger partial charge in [0.05, 0.1) is 22.6 Å². The van der Waals surface area contributed by atoms with Crippen LogP contribution in [0.4, 0.5) is 18.9 Å². The van der Waals surface area contributed by atoms with E-state index in [1.165, 1.54) is 12.1 Å². The fourth-order valence-electron chi connectivity index (χ4n) is 3.18. The van der Waals surface area contributed by atoms with E-state index in [1.54, 1.807) is 19.3 Å². The SMILES string of the molecule is Cc1occc1-c1nnc(S[C@@H](C)C(=O)Nc2cccc(C(F)(F)F)c2)n1-c1ccccc1. The number of para-hydroxylation sites is 1. The van der Waals surface area contributed by atoms with Crippen LogP contribution in [0.1, 0.15) is 18.2 Å². The predicted molar refractivity (Wildman–Crippen MR) is 119 cm³/mol. The molecule has 1 N–H and O–H groups in total. The molecule has 0 bridgehead atoms. The molecule has 6 nitrogen and oxygen atoms in total. The highest BCUT2D eigenvalue weighted by Gasteiger charge is 2.31. The van der Waals surface area contributed by atoms with E-state index < -0.39 is 22.9 Å². The van der Waals surface area contributed by atoms with Gasteiger partial charge in [-0.05, 0) is 50.2 Å². The molecular weight excluding hydrogens is 453 g/mol. The van der Waals surface area contributed by atoms with Gasteiger partial charge in [0.15, 0.2) is 11.0 Å². The monoisotopic (exact) mass is 472 g/mol. The summed E-state index contributed by atoms with van der Waals surface area (Å²) in [6.07, 6.45) is -2.93. The van der Waals surface area contributed by atoms with Crippen LogP contribution in [0.25, 0.3) is 17.1 Å². The maximum absolute atomic E-state index is 13.0. The smallest absolute Gasteiger partial charge is 0.416 e. The molecule has 0 unspecified atom stereocenters. The molecule has 4 rings (SSSR count). The van der Waals surface area contributed by atoms with E-state index in [-0.39, 0.29) is 5.69 Å². The Morgan fingerprint density at radius 3 is 2.52 bits per heavy atom. The van der Waals surface area contributed by atoms with Gasteiger partial charge in [0, 0.05) is 11.4 Å². The van der Waals surface area contributed by atoms with Crippen LogP contribution in [0.3, 0.4) is 0 Å².